The molecule has 4 aromatic rings. The number of aromatic nitrogens is 3. The van der Waals surface area contributed by atoms with Gasteiger partial charge in [-0.25, -0.2) is 0 Å². The molecule has 4 rings (SSSR count). The lowest BCUT2D eigenvalue weighted by Gasteiger charge is -2.01. The molecule has 0 aliphatic rings. The molecule has 0 unspecified atom stereocenters. The minimum Gasteiger partial charge on any atom is -0.356 e. The van der Waals surface area contributed by atoms with E-state index in [4.69, 9.17) is 20.4 Å². The van der Waals surface area contributed by atoms with Gasteiger partial charge in [-0.15, -0.1) is 4.68 Å². The van der Waals surface area contributed by atoms with Crippen molar-refractivity contribution in [3.63, 3.8) is 0 Å². The van der Waals surface area contributed by atoms with E-state index in [0.717, 1.165) is 23.0 Å². The summed E-state index contributed by atoms with van der Waals surface area (Å²) < 4.78 is 3.91. The Morgan fingerprint density at radius 1 is 0.821 bits per heavy atom. The quantitative estimate of drug-likeness (QED) is 0.333. The van der Waals surface area contributed by atoms with Gasteiger partial charge in [-0.2, -0.15) is 4.57 Å². The molecule has 1 heterocycles. The zero-order chi connectivity index (χ0) is 19.8. The van der Waals surface area contributed by atoms with Crippen molar-refractivity contribution in [1.29, 1.82) is 0 Å². The first-order valence-electron chi connectivity index (χ1n) is 8.39. The highest BCUT2D eigenvalue weighted by atomic mass is 16.9. The van der Waals surface area contributed by atoms with Crippen molar-refractivity contribution in [2.75, 3.05) is 5.32 Å². The van der Waals surface area contributed by atoms with Crippen LogP contribution in [0.4, 0.5) is 11.6 Å². The van der Waals surface area contributed by atoms with Crippen LogP contribution < -0.4 is 9.88 Å². The van der Waals surface area contributed by atoms with Crippen LogP contribution >= 0.6 is 0 Å². The average Bonchev–Trinajstić information content (AvgIpc) is 3.13. The van der Waals surface area contributed by atoms with Gasteiger partial charge in [-0.1, -0.05) is 54.6 Å². The number of hydrogen-bond acceptors (Lipinski definition) is 5. The first-order chi connectivity index (χ1) is 13.6. The predicted molar refractivity (Wildman–Crippen MR) is 105 cm³/mol. The number of anilines is 2. The fourth-order valence-electron chi connectivity index (χ4n) is 2.56. The Morgan fingerprint density at radius 3 is 1.89 bits per heavy atom. The average molecular weight is 375 g/mol. The van der Waals surface area contributed by atoms with Gasteiger partial charge in [0.25, 0.3) is 0 Å². The van der Waals surface area contributed by atoms with Gasteiger partial charge in [0.2, 0.25) is 6.33 Å². The first-order valence-corrected chi connectivity index (χ1v) is 8.39. The molecule has 0 fully saturated rings. The summed E-state index contributed by atoms with van der Waals surface area (Å²) in [6.45, 7) is 0. The minimum absolute atomic E-state index is 0.760. The lowest BCUT2D eigenvalue weighted by atomic mass is 10.3. The van der Waals surface area contributed by atoms with Crippen molar-refractivity contribution in [3.8, 4) is 11.4 Å². The molecular formula is C20H17N5O3. The summed E-state index contributed by atoms with van der Waals surface area (Å²) >= 11 is 0. The number of benzene rings is 3. The Hall–Kier alpha value is -4.20. The van der Waals surface area contributed by atoms with Crippen LogP contribution in [0.2, 0.25) is 0 Å². The highest BCUT2D eigenvalue weighted by Crippen LogP contribution is 2.14. The van der Waals surface area contributed by atoms with Crippen LogP contribution in [0, 0.1) is 15.3 Å². The fourth-order valence-corrected chi connectivity index (χ4v) is 2.56. The summed E-state index contributed by atoms with van der Waals surface area (Å²) in [4.78, 5) is 8.25. The Morgan fingerprint density at radius 2 is 1.32 bits per heavy atom. The molecule has 0 aliphatic carbocycles. The third-order valence-corrected chi connectivity index (χ3v) is 3.74. The normalized spacial score (nSPS) is 9.86. The molecule has 28 heavy (non-hydrogen) atoms. The summed E-state index contributed by atoms with van der Waals surface area (Å²) in [6.07, 6.45) is 1.98. The second-order valence-corrected chi connectivity index (χ2v) is 5.64. The Kier molecular flexibility index (Phi) is 5.94. The van der Waals surface area contributed by atoms with Gasteiger partial charge < -0.3 is 15.3 Å². The second-order valence-electron chi connectivity index (χ2n) is 5.64. The van der Waals surface area contributed by atoms with Crippen LogP contribution in [0.25, 0.3) is 11.4 Å². The van der Waals surface area contributed by atoms with Crippen LogP contribution in [0.5, 0.6) is 0 Å². The zero-order valence-corrected chi connectivity index (χ0v) is 14.8. The molecule has 1 aromatic heterocycles. The van der Waals surface area contributed by atoms with E-state index in [2.05, 4.69) is 17.4 Å². The van der Waals surface area contributed by atoms with E-state index >= 15 is 0 Å². The summed E-state index contributed by atoms with van der Waals surface area (Å²) in [5.74, 6) is 0.760. The van der Waals surface area contributed by atoms with Crippen LogP contribution in [0.1, 0.15) is 0 Å². The molecule has 0 spiro atoms. The molecule has 0 atom stereocenters. The van der Waals surface area contributed by atoms with Crippen LogP contribution in [-0.4, -0.2) is 14.9 Å². The molecule has 8 heteroatoms. The maximum Gasteiger partial charge on any atom is 0.387 e. The van der Waals surface area contributed by atoms with Crippen molar-refractivity contribution in [2.24, 2.45) is 0 Å². The van der Waals surface area contributed by atoms with Crippen molar-refractivity contribution >= 4 is 11.6 Å². The summed E-state index contributed by atoms with van der Waals surface area (Å²) in [5, 5.41) is 22.9. The molecule has 3 aromatic carbocycles. The Balaban J connectivity index is 0.000000516. The standard InChI is InChI=1S/C20H17N4.NO3/c1-4-10-17(11-5-1)21-20-22-24(19-14-8-3-9-15-19)16-23(20)18-12-6-2-7-13-18;2-1(3)4/h1-16H,(H,21,22);/q+1;-1. The number of rotatable bonds is 4. The molecule has 0 saturated heterocycles. The van der Waals surface area contributed by atoms with Gasteiger partial charge in [0, 0.05) is 5.10 Å². The van der Waals surface area contributed by atoms with Crippen molar-refractivity contribution in [3.05, 3.63) is 113 Å². The lowest BCUT2D eigenvalue weighted by molar-refractivity contribution is -0.581. The number of para-hydroxylation sites is 3. The van der Waals surface area contributed by atoms with Gasteiger partial charge in [-0.3, -0.25) is 5.32 Å². The minimum atomic E-state index is -1.75. The maximum absolute atomic E-state index is 8.25. The molecule has 140 valence electrons. The van der Waals surface area contributed by atoms with Gasteiger partial charge in [0.05, 0.1) is 16.5 Å². The first kappa shape index (κ1) is 18.6. The van der Waals surface area contributed by atoms with E-state index in [1.807, 2.05) is 94.4 Å². The summed E-state index contributed by atoms with van der Waals surface area (Å²) in [7, 11) is 0. The number of nitrogens with zero attached hydrogens (tertiary/aromatic N) is 4. The number of nitrogens with one attached hydrogen (secondary N) is 1. The molecule has 8 nitrogen and oxygen atoms in total. The van der Waals surface area contributed by atoms with Crippen molar-refractivity contribution < 1.29 is 9.65 Å². The second kappa shape index (κ2) is 8.95. The maximum atomic E-state index is 8.25. The molecule has 0 aliphatic heterocycles. The van der Waals surface area contributed by atoms with E-state index in [-0.39, 0.29) is 0 Å². The highest BCUT2D eigenvalue weighted by molar-refractivity contribution is 5.51. The fraction of sp³-hybridized carbons (Fsp3) is 0. The van der Waals surface area contributed by atoms with E-state index in [1.165, 1.54) is 0 Å². The highest BCUT2D eigenvalue weighted by Gasteiger charge is 2.18. The predicted octanol–water partition coefficient (Wildman–Crippen LogP) is 3.65. The molecule has 1 N–H and O–H groups in total. The van der Waals surface area contributed by atoms with E-state index in [9.17, 15) is 0 Å². The monoisotopic (exact) mass is 375 g/mol. The smallest absolute Gasteiger partial charge is 0.356 e. The summed E-state index contributed by atoms with van der Waals surface area (Å²) in [5.41, 5.74) is 3.07. The lowest BCUT2D eigenvalue weighted by Crippen LogP contribution is -2.31. The van der Waals surface area contributed by atoms with Crippen molar-refractivity contribution in [2.45, 2.75) is 0 Å². The molecule has 0 saturated carbocycles. The summed E-state index contributed by atoms with van der Waals surface area (Å²) in [6, 6.07) is 30.3. The topological polar surface area (TPSA) is 99.9 Å². The SMILES string of the molecule is O=[N+]([O-])[O-].c1ccc(Nc2nn(-c3ccccc3)c[n+]2-c2ccccc2)cc1. The van der Waals surface area contributed by atoms with E-state index in [0.29, 0.717) is 0 Å². The largest absolute Gasteiger partial charge is 0.387 e. The molecule has 0 radical (unpaired) electrons. The van der Waals surface area contributed by atoms with Crippen LogP contribution in [-0.2, 0) is 0 Å². The third-order valence-electron chi connectivity index (χ3n) is 3.74. The molecule has 0 bridgehead atoms. The van der Waals surface area contributed by atoms with Crippen molar-refractivity contribution in [1.82, 2.24) is 9.78 Å². The zero-order valence-electron chi connectivity index (χ0n) is 14.8. The van der Waals surface area contributed by atoms with Gasteiger partial charge in [0.1, 0.15) is 5.69 Å². The Labute approximate surface area is 161 Å². The van der Waals surface area contributed by atoms with E-state index < -0.39 is 5.09 Å². The molecular weight excluding hydrogens is 358 g/mol. The van der Waals surface area contributed by atoms with Gasteiger partial charge in [0.15, 0.2) is 0 Å². The number of hydrogen-bond donors (Lipinski definition) is 1. The van der Waals surface area contributed by atoms with Gasteiger partial charge in [-0.05, 0) is 36.4 Å². The van der Waals surface area contributed by atoms with Crippen LogP contribution in [0.15, 0.2) is 97.3 Å². The van der Waals surface area contributed by atoms with Crippen LogP contribution in [0.3, 0.4) is 0 Å². The van der Waals surface area contributed by atoms with E-state index in [1.54, 1.807) is 0 Å². The Bertz CT molecular complexity index is 1020. The molecule has 0 amide bonds. The van der Waals surface area contributed by atoms with Gasteiger partial charge >= 0.3 is 5.95 Å². The third kappa shape index (κ3) is 4.92.